The van der Waals surface area contributed by atoms with Crippen molar-refractivity contribution in [2.45, 2.75) is 26.3 Å². The van der Waals surface area contributed by atoms with Gasteiger partial charge in [-0.25, -0.2) is 9.78 Å². The van der Waals surface area contributed by atoms with E-state index in [0.29, 0.717) is 23.0 Å². The van der Waals surface area contributed by atoms with Crippen molar-refractivity contribution in [3.8, 4) is 0 Å². The number of rotatable bonds is 3. The monoisotopic (exact) mass is 269 g/mol. The molecule has 1 saturated heterocycles. The zero-order valence-corrected chi connectivity index (χ0v) is 11.8. The fourth-order valence-corrected chi connectivity index (χ4v) is 3.41. The van der Waals surface area contributed by atoms with Crippen LogP contribution in [0.5, 0.6) is 0 Å². The van der Waals surface area contributed by atoms with E-state index in [0.717, 1.165) is 24.8 Å². The average Bonchev–Trinajstić information content (AvgIpc) is 2.73. The van der Waals surface area contributed by atoms with Crippen LogP contribution >= 0.6 is 11.3 Å². The Hall–Kier alpha value is -1.14. The Balaban J connectivity index is 2.25. The molecule has 1 aliphatic rings. The summed E-state index contributed by atoms with van der Waals surface area (Å²) >= 11 is 1.30. The molecule has 1 fully saturated rings. The summed E-state index contributed by atoms with van der Waals surface area (Å²) in [7, 11) is 2.11. The number of likely N-dealkylation sites (N-methyl/N-ethyl adjacent to an activating group) is 1. The lowest BCUT2D eigenvalue weighted by Crippen LogP contribution is -2.50. The third kappa shape index (κ3) is 2.49. The van der Waals surface area contributed by atoms with Gasteiger partial charge in [0, 0.05) is 25.7 Å². The van der Waals surface area contributed by atoms with Crippen LogP contribution in [-0.2, 0) is 6.42 Å². The highest BCUT2D eigenvalue weighted by Gasteiger charge is 2.26. The van der Waals surface area contributed by atoms with Crippen molar-refractivity contribution in [1.29, 1.82) is 0 Å². The highest BCUT2D eigenvalue weighted by molar-refractivity contribution is 7.17. The van der Waals surface area contributed by atoms with Gasteiger partial charge < -0.3 is 14.9 Å². The van der Waals surface area contributed by atoms with Crippen molar-refractivity contribution < 1.29 is 9.90 Å². The minimum absolute atomic E-state index is 0.376. The van der Waals surface area contributed by atoms with E-state index >= 15 is 0 Å². The molecule has 1 unspecified atom stereocenters. The van der Waals surface area contributed by atoms with E-state index in [9.17, 15) is 4.79 Å². The Labute approximate surface area is 111 Å². The van der Waals surface area contributed by atoms with E-state index in [1.807, 2.05) is 6.92 Å². The summed E-state index contributed by atoms with van der Waals surface area (Å²) in [6.07, 6.45) is 0.667. The molecule has 1 aliphatic heterocycles. The number of piperazine rings is 1. The Morgan fingerprint density at radius 3 is 2.78 bits per heavy atom. The van der Waals surface area contributed by atoms with Gasteiger partial charge in [0.2, 0.25) is 0 Å². The predicted octanol–water partition coefficient (Wildman–Crippen LogP) is 1.54. The maximum atomic E-state index is 11.2. The molecule has 0 bridgehead atoms. The van der Waals surface area contributed by atoms with Gasteiger partial charge in [0.25, 0.3) is 0 Å². The lowest BCUT2D eigenvalue weighted by atomic mass is 10.2. The Bertz CT molecular complexity index is 447. The highest BCUT2D eigenvalue weighted by atomic mass is 32.1. The summed E-state index contributed by atoms with van der Waals surface area (Å²) in [6.45, 7) is 6.99. The number of carboxylic acid groups (broad SMARTS) is 1. The summed E-state index contributed by atoms with van der Waals surface area (Å²) in [5, 5.41) is 10.0. The molecule has 2 rings (SSSR count). The average molecular weight is 269 g/mol. The first-order valence-corrected chi connectivity index (χ1v) is 7.02. The molecule has 1 aromatic heterocycles. The Morgan fingerprint density at radius 1 is 1.56 bits per heavy atom. The number of hydrogen-bond donors (Lipinski definition) is 1. The maximum Gasteiger partial charge on any atom is 0.347 e. The topological polar surface area (TPSA) is 56.7 Å². The molecule has 0 saturated carbocycles. The van der Waals surface area contributed by atoms with E-state index in [1.54, 1.807) is 0 Å². The number of aromatic nitrogens is 1. The maximum absolute atomic E-state index is 11.2. The SMILES string of the molecule is CCc1nc(N2CCN(C)CC2C)sc1C(=O)O. The van der Waals surface area contributed by atoms with Gasteiger partial charge in [0.1, 0.15) is 4.88 Å². The molecule has 0 amide bonds. The number of nitrogens with zero attached hydrogens (tertiary/aromatic N) is 3. The van der Waals surface area contributed by atoms with E-state index < -0.39 is 5.97 Å². The minimum Gasteiger partial charge on any atom is -0.477 e. The lowest BCUT2D eigenvalue weighted by Gasteiger charge is -2.38. The minimum atomic E-state index is -0.864. The molecule has 5 nitrogen and oxygen atoms in total. The van der Waals surface area contributed by atoms with Crippen molar-refractivity contribution >= 4 is 22.4 Å². The van der Waals surface area contributed by atoms with E-state index in [-0.39, 0.29) is 0 Å². The van der Waals surface area contributed by atoms with Crippen molar-refractivity contribution in [2.24, 2.45) is 0 Å². The lowest BCUT2D eigenvalue weighted by molar-refractivity contribution is 0.0701. The van der Waals surface area contributed by atoms with E-state index in [1.165, 1.54) is 11.3 Å². The molecular formula is C12H19N3O2S. The Morgan fingerprint density at radius 2 is 2.28 bits per heavy atom. The molecule has 2 heterocycles. The number of anilines is 1. The first-order valence-electron chi connectivity index (χ1n) is 6.21. The zero-order chi connectivity index (χ0) is 13.3. The molecule has 6 heteroatoms. The van der Waals surface area contributed by atoms with E-state index in [2.05, 4.69) is 28.8 Å². The van der Waals surface area contributed by atoms with Gasteiger partial charge in [0.05, 0.1) is 5.69 Å². The number of carboxylic acids is 1. The van der Waals surface area contributed by atoms with Crippen molar-refractivity contribution in [3.05, 3.63) is 10.6 Å². The molecule has 0 aliphatic carbocycles. The molecule has 1 aromatic rings. The summed E-state index contributed by atoms with van der Waals surface area (Å²) in [5.74, 6) is -0.864. The van der Waals surface area contributed by atoms with Crippen molar-refractivity contribution in [3.63, 3.8) is 0 Å². The number of thiazole rings is 1. The first kappa shape index (κ1) is 13.3. The second-order valence-electron chi connectivity index (χ2n) is 4.74. The third-order valence-corrected chi connectivity index (χ3v) is 4.41. The standard InChI is InChI=1S/C12H19N3O2S/c1-4-9-10(11(16)17)18-12(13-9)15-6-5-14(3)7-8(15)2/h8H,4-7H2,1-3H3,(H,16,17). The van der Waals surface area contributed by atoms with Gasteiger partial charge in [-0.2, -0.15) is 0 Å². The number of carbonyl (C=O) groups is 1. The highest BCUT2D eigenvalue weighted by Crippen LogP contribution is 2.29. The van der Waals surface area contributed by atoms with Crippen LogP contribution in [0.1, 0.15) is 29.2 Å². The summed E-state index contributed by atoms with van der Waals surface area (Å²) in [6, 6.07) is 0.376. The van der Waals surface area contributed by atoms with Crippen LogP contribution in [0, 0.1) is 0 Å². The molecule has 1 atom stereocenters. The smallest absolute Gasteiger partial charge is 0.347 e. The van der Waals surface area contributed by atoms with Crippen LogP contribution < -0.4 is 4.90 Å². The van der Waals surface area contributed by atoms with Crippen LogP contribution in [0.4, 0.5) is 5.13 Å². The zero-order valence-electron chi connectivity index (χ0n) is 11.0. The van der Waals surface area contributed by atoms with E-state index in [4.69, 9.17) is 5.11 Å². The van der Waals surface area contributed by atoms with Crippen molar-refractivity contribution in [2.75, 3.05) is 31.6 Å². The van der Waals surface area contributed by atoms with Crippen molar-refractivity contribution in [1.82, 2.24) is 9.88 Å². The van der Waals surface area contributed by atoms with Crippen LogP contribution in [0.25, 0.3) is 0 Å². The van der Waals surface area contributed by atoms with Gasteiger partial charge in [0.15, 0.2) is 5.13 Å². The van der Waals surface area contributed by atoms with Crippen LogP contribution in [0.2, 0.25) is 0 Å². The number of hydrogen-bond acceptors (Lipinski definition) is 5. The normalized spacial score (nSPS) is 21.3. The summed E-state index contributed by atoms with van der Waals surface area (Å²) in [4.78, 5) is 20.5. The molecule has 0 radical (unpaired) electrons. The molecule has 100 valence electrons. The second-order valence-corrected chi connectivity index (χ2v) is 5.71. The van der Waals surface area contributed by atoms with Crippen LogP contribution in [-0.4, -0.2) is 53.7 Å². The van der Waals surface area contributed by atoms with Gasteiger partial charge in [-0.1, -0.05) is 18.3 Å². The van der Waals surface area contributed by atoms with Gasteiger partial charge >= 0.3 is 5.97 Å². The molecule has 0 aromatic carbocycles. The fourth-order valence-electron chi connectivity index (χ4n) is 2.29. The second kappa shape index (κ2) is 5.24. The van der Waals surface area contributed by atoms with Gasteiger partial charge in [-0.3, -0.25) is 0 Å². The van der Waals surface area contributed by atoms with Gasteiger partial charge in [-0.15, -0.1) is 0 Å². The third-order valence-electron chi connectivity index (χ3n) is 3.29. The molecule has 1 N–H and O–H groups in total. The fraction of sp³-hybridized carbons (Fsp3) is 0.667. The quantitative estimate of drug-likeness (QED) is 0.902. The molecule has 0 spiro atoms. The Kier molecular flexibility index (Phi) is 3.87. The van der Waals surface area contributed by atoms with Crippen LogP contribution in [0.15, 0.2) is 0 Å². The predicted molar refractivity (Wildman–Crippen MR) is 72.8 cm³/mol. The molecule has 18 heavy (non-hydrogen) atoms. The first-order chi connectivity index (χ1) is 8.52. The molecular weight excluding hydrogens is 250 g/mol. The summed E-state index contributed by atoms with van der Waals surface area (Å²) < 4.78 is 0. The summed E-state index contributed by atoms with van der Waals surface area (Å²) in [5.41, 5.74) is 0.702. The number of aryl methyl sites for hydroxylation is 1. The largest absolute Gasteiger partial charge is 0.477 e. The number of aromatic carboxylic acids is 1. The van der Waals surface area contributed by atoms with Gasteiger partial charge in [-0.05, 0) is 20.4 Å². The van der Waals surface area contributed by atoms with Crippen LogP contribution in [0.3, 0.4) is 0 Å².